The molecule has 1 heterocycles. The van der Waals surface area contributed by atoms with Gasteiger partial charge < -0.3 is 9.64 Å². The molecule has 2 aromatic carbocycles. The molecule has 0 aromatic heterocycles. The van der Waals surface area contributed by atoms with Gasteiger partial charge in [-0.05, 0) is 43.4 Å². The summed E-state index contributed by atoms with van der Waals surface area (Å²) < 4.78 is 31.8. The molecular weight excluding hydrogens is 458 g/mol. The van der Waals surface area contributed by atoms with E-state index >= 15 is 0 Å². The Bertz CT molecular complexity index is 1170. The van der Waals surface area contributed by atoms with Crippen LogP contribution in [0.5, 0.6) is 0 Å². The Balaban J connectivity index is 1.58. The monoisotopic (exact) mass is 479 g/mol. The minimum atomic E-state index is -4.20. The normalized spacial score (nSPS) is 15.3. The quantitative estimate of drug-likeness (QED) is 0.263. The van der Waals surface area contributed by atoms with Crippen molar-refractivity contribution in [3.05, 3.63) is 58.1 Å². The summed E-state index contributed by atoms with van der Waals surface area (Å²) in [6.07, 6.45) is 2.32. The number of carbonyl (C=O) groups excluding carboxylic acids is 2. The fourth-order valence-electron chi connectivity index (χ4n) is 3.43. The minimum absolute atomic E-state index is 0.0860. The number of sulfonamides is 1. The first-order valence-corrected chi connectivity index (χ1v) is 12.2. The SMILES string of the molecule is CSc1ccc(S(=O)(=O)NCC(=O)OCC(=O)N2c3ccccc3C[C@@H]2C)cc1[N+](=O)[O-]. The van der Waals surface area contributed by atoms with Crippen LogP contribution < -0.4 is 9.62 Å². The van der Waals surface area contributed by atoms with Crippen molar-refractivity contribution in [3.8, 4) is 0 Å². The Morgan fingerprint density at radius 3 is 2.69 bits per heavy atom. The molecule has 0 saturated carbocycles. The maximum Gasteiger partial charge on any atom is 0.321 e. The summed E-state index contributed by atoms with van der Waals surface area (Å²) in [6, 6.07) is 10.8. The predicted molar refractivity (Wildman–Crippen MR) is 118 cm³/mol. The lowest BCUT2D eigenvalue weighted by atomic mass is 10.1. The van der Waals surface area contributed by atoms with E-state index in [1.807, 2.05) is 35.9 Å². The zero-order chi connectivity index (χ0) is 23.5. The van der Waals surface area contributed by atoms with Crippen LogP contribution in [0.25, 0.3) is 0 Å². The largest absolute Gasteiger partial charge is 0.455 e. The van der Waals surface area contributed by atoms with Gasteiger partial charge in [0.1, 0.15) is 6.54 Å². The van der Waals surface area contributed by atoms with Gasteiger partial charge in [0.15, 0.2) is 6.61 Å². The van der Waals surface area contributed by atoms with Gasteiger partial charge in [-0.2, -0.15) is 4.72 Å². The molecule has 170 valence electrons. The zero-order valence-corrected chi connectivity index (χ0v) is 18.9. The molecule has 12 heteroatoms. The fourth-order valence-corrected chi connectivity index (χ4v) is 4.96. The second-order valence-corrected chi connectivity index (χ2v) is 9.64. The highest BCUT2D eigenvalue weighted by Gasteiger charge is 2.31. The first-order chi connectivity index (χ1) is 15.1. The van der Waals surface area contributed by atoms with E-state index in [1.54, 1.807) is 11.2 Å². The van der Waals surface area contributed by atoms with Crippen molar-refractivity contribution in [2.24, 2.45) is 0 Å². The van der Waals surface area contributed by atoms with Gasteiger partial charge >= 0.3 is 5.97 Å². The maximum absolute atomic E-state index is 12.6. The first-order valence-electron chi connectivity index (χ1n) is 9.51. The lowest BCUT2D eigenvalue weighted by molar-refractivity contribution is -0.388. The smallest absolute Gasteiger partial charge is 0.321 e. The number of nitrogens with one attached hydrogen (secondary N) is 1. The minimum Gasteiger partial charge on any atom is -0.455 e. The highest BCUT2D eigenvalue weighted by Crippen LogP contribution is 2.32. The molecule has 0 fully saturated rings. The van der Waals surface area contributed by atoms with Crippen molar-refractivity contribution in [2.75, 3.05) is 24.3 Å². The number of rotatable bonds is 8. The van der Waals surface area contributed by atoms with Crippen molar-refractivity contribution >= 4 is 45.0 Å². The average molecular weight is 480 g/mol. The first kappa shape index (κ1) is 23.7. The molecule has 1 aliphatic heterocycles. The Hall–Kier alpha value is -2.96. The molecular formula is C20H21N3O7S2. The summed E-state index contributed by atoms with van der Waals surface area (Å²) in [5.41, 5.74) is 1.43. The van der Waals surface area contributed by atoms with E-state index in [2.05, 4.69) is 0 Å². The summed E-state index contributed by atoms with van der Waals surface area (Å²) in [5, 5.41) is 11.2. The Morgan fingerprint density at radius 2 is 2.00 bits per heavy atom. The number of hydrogen-bond acceptors (Lipinski definition) is 8. The van der Waals surface area contributed by atoms with E-state index in [4.69, 9.17) is 4.74 Å². The fraction of sp³-hybridized carbons (Fsp3) is 0.300. The number of anilines is 1. The van der Waals surface area contributed by atoms with Crippen molar-refractivity contribution in [3.63, 3.8) is 0 Å². The summed E-state index contributed by atoms with van der Waals surface area (Å²) in [4.78, 5) is 36.5. The molecule has 0 unspecified atom stereocenters. The number of nitrogens with zero attached hydrogens (tertiary/aromatic N) is 2. The van der Waals surface area contributed by atoms with E-state index < -0.39 is 40.0 Å². The van der Waals surface area contributed by atoms with Gasteiger partial charge in [0, 0.05) is 17.8 Å². The average Bonchev–Trinajstić information content (AvgIpc) is 3.11. The van der Waals surface area contributed by atoms with Crippen LogP contribution in [-0.4, -0.2) is 50.7 Å². The van der Waals surface area contributed by atoms with Crippen molar-refractivity contribution in [2.45, 2.75) is 29.2 Å². The molecule has 0 saturated heterocycles. The molecule has 3 rings (SSSR count). The molecule has 0 aliphatic carbocycles. The summed E-state index contributed by atoms with van der Waals surface area (Å²) in [5.74, 6) is -1.36. The van der Waals surface area contributed by atoms with E-state index in [-0.39, 0.29) is 16.6 Å². The third-order valence-corrected chi connectivity index (χ3v) is 7.08. The van der Waals surface area contributed by atoms with Crippen LogP contribution in [-0.2, 0) is 30.8 Å². The van der Waals surface area contributed by atoms with Crippen molar-refractivity contribution in [1.29, 1.82) is 0 Å². The van der Waals surface area contributed by atoms with E-state index in [0.29, 0.717) is 11.3 Å². The Labute approximate surface area is 189 Å². The molecule has 2 aromatic rings. The van der Waals surface area contributed by atoms with E-state index in [1.165, 1.54) is 12.1 Å². The maximum atomic E-state index is 12.6. The summed E-state index contributed by atoms with van der Waals surface area (Å²) >= 11 is 1.11. The van der Waals surface area contributed by atoms with Crippen LogP contribution in [0.4, 0.5) is 11.4 Å². The number of thioether (sulfide) groups is 1. The number of esters is 1. The molecule has 1 N–H and O–H groups in total. The van der Waals surface area contributed by atoms with Gasteiger partial charge in [-0.3, -0.25) is 19.7 Å². The number of ether oxygens (including phenoxy) is 1. The zero-order valence-electron chi connectivity index (χ0n) is 17.3. The topological polar surface area (TPSA) is 136 Å². The van der Waals surface area contributed by atoms with Crippen LogP contribution in [0, 0.1) is 10.1 Å². The highest BCUT2D eigenvalue weighted by molar-refractivity contribution is 7.98. The van der Waals surface area contributed by atoms with Gasteiger partial charge in [-0.15, -0.1) is 11.8 Å². The summed E-state index contributed by atoms with van der Waals surface area (Å²) in [7, 11) is -4.20. The molecule has 1 aliphatic rings. The molecule has 0 radical (unpaired) electrons. The van der Waals surface area contributed by atoms with Crippen LogP contribution >= 0.6 is 11.8 Å². The predicted octanol–water partition coefficient (Wildman–Crippen LogP) is 2.12. The standard InChI is InChI=1S/C20H21N3O7S2/c1-13-9-14-5-3-4-6-16(14)22(13)19(24)12-30-20(25)11-21-32(28,29)15-7-8-18(31-2)17(10-15)23(26)27/h3-8,10,13,21H,9,11-12H2,1-2H3/t13-/m0/s1. The third kappa shape index (κ3) is 5.09. The second kappa shape index (κ2) is 9.67. The number of carbonyl (C=O) groups is 2. The van der Waals surface area contributed by atoms with Crippen LogP contribution in [0.2, 0.25) is 0 Å². The van der Waals surface area contributed by atoms with E-state index in [9.17, 15) is 28.1 Å². The van der Waals surface area contributed by atoms with Gasteiger partial charge in [-0.1, -0.05) is 18.2 Å². The Morgan fingerprint density at radius 1 is 1.28 bits per heavy atom. The highest BCUT2D eigenvalue weighted by atomic mass is 32.2. The number of hydrogen-bond donors (Lipinski definition) is 1. The number of benzene rings is 2. The molecule has 0 bridgehead atoms. The van der Waals surface area contributed by atoms with Crippen molar-refractivity contribution in [1.82, 2.24) is 4.72 Å². The molecule has 1 amide bonds. The van der Waals surface area contributed by atoms with Crippen LogP contribution in [0.1, 0.15) is 12.5 Å². The van der Waals surface area contributed by atoms with Crippen LogP contribution in [0.3, 0.4) is 0 Å². The number of nitro benzene ring substituents is 1. The van der Waals surface area contributed by atoms with Gasteiger partial charge in [-0.25, -0.2) is 8.42 Å². The van der Waals surface area contributed by atoms with Crippen LogP contribution in [0.15, 0.2) is 52.3 Å². The third-order valence-electron chi connectivity index (χ3n) is 4.90. The van der Waals surface area contributed by atoms with E-state index in [0.717, 1.165) is 29.1 Å². The van der Waals surface area contributed by atoms with Gasteiger partial charge in [0.25, 0.3) is 11.6 Å². The number of nitro groups is 1. The number of fused-ring (bicyclic) bond motifs is 1. The lowest BCUT2D eigenvalue weighted by Gasteiger charge is -2.22. The number of para-hydroxylation sites is 1. The lowest BCUT2D eigenvalue weighted by Crippen LogP contribution is -2.39. The van der Waals surface area contributed by atoms with Gasteiger partial charge in [0.2, 0.25) is 10.0 Å². The van der Waals surface area contributed by atoms with Gasteiger partial charge in [0.05, 0.1) is 14.7 Å². The summed E-state index contributed by atoms with van der Waals surface area (Å²) in [6.45, 7) is 0.627. The second-order valence-electron chi connectivity index (χ2n) is 7.02. The number of amides is 1. The van der Waals surface area contributed by atoms with Crippen molar-refractivity contribution < 1.29 is 27.7 Å². The molecule has 0 spiro atoms. The molecule has 1 atom stereocenters. The molecule has 32 heavy (non-hydrogen) atoms. The molecule has 10 nitrogen and oxygen atoms in total. The Kier molecular flexibility index (Phi) is 7.16.